The van der Waals surface area contributed by atoms with Crippen LogP contribution in [0.15, 0.2) is 39.8 Å². The van der Waals surface area contributed by atoms with Crippen LogP contribution in [0.25, 0.3) is 0 Å². The number of hydrogen-bond acceptors (Lipinski definition) is 4. The maximum absolute atomic E-state index is 11.1. The summed E-state index contributed by atoms with van der Waals surface area (Å²) in [5.41, 5.74) is 0.888. The van der Waals surface area contributed by atoms with Crippen LogP contribution in [0, 0.1) is 3.57 Å². The SMILES string of the molecule is NS(=O)(=O)c1ccc(CNc2ccc(Cl)cc2I)o1. The second-order valence-electron chi connectivity index (χ2n) is 3.74. The Morgan fingerprint density at radius 1 is 1.32 bits per heavy atom. The number of rotatable bonds is 4. The van der Waals surface area contributed by atoms with E-state index < -0.39 is 10.0 Å². The summed E-state index contributed by atoms with van der Waals surface area (Å²) in [4.78, 5) is 0. The molecule has 0 spiro atoms. The van der Waals surface area contributed by atoms with Crippen molar-refractivity contribution in [2.75, 3.05) is 5.32 Å². The van der Waals surface area contributed by atoms with Crippen molar-refractivity contribution in [3.8, 4) is 0 Å². The second-order valence-corrected chi connectivity index (χ2v) is 6.83. The molecular weight excluding hydrogens is 403 g/mol. The Bertz CT molecular complexity index is 700. The Kier molecular flexibility index (Phi) is 4.39. The predicted octanol–water partition coefficient (Wildman–Crippen LogP) is 2.80. The molecule has 0 aliphatic rings. The van der Waals surface area contributed by atoms with Crippen LogP contribution >= 0.6 is 34.2 Å². The number of anilines is 1. The highest BCUT2D eigenvalue weighted by molar-refractivity contribution is 14.1. The van der Waals surface area contributed by atoms with Gasteiger partial charge in [-0.05, 0) is 52.9 Å². The van der Waals surface area contributed by atoms with Gasteiger partial charge in [-0.15, -0.1) is 0 Å². The van der Waals surface area contributed by atoms with Gasteiger partial charge in [0.2, 0.25) is 5.09 Å². The van der Waals surface area contributed by atoms with Crippen LogP contribution in [0.5, 0.6) is 0 Å². The predicted molar refractivity (Wildman–Crippen MR) is 81.6 cm³/mol. The minimum atomic E-state index is -3.79. The molecule has 0 aliphatic heterocycles. The molecular formula is C11H10ClIN2O3S. The summed E-state index contributed by atoms with van der Waals surface area (Å²) >= 11 is 8.01. The molecule has 0 bridgehead atoms. The molecule has 0 amide bonds. The van der Waals surface area contributed by atoms with Gasteiger partial charge < -0.3 is 9.73 Å². The quantitative estimate of drug-likeness (QED) is 0.756. The molecule has 8 heteroatoms. The second kappa shape index (κ2) is 5.70. The molecule has 0 radical (unpaired) electrons. The summed E-state index contributed by atoms with van der Waals surface area (Å²) in [7, 11) is -3.79. The van der Waals surface area contributed by atoms with Gasteiger partial charge in [-0.1, -0.05) is 11.6 Å². The van der Waals surface area contributed by atoms with E-state index in [1.165, 1.54) is 6.07 Å². The smallest absolute Gasteiger partial charge is 0.271 e. The molecule has 1 aromatic heterocycles. The van der Waals surface area contributed by atoms with Gasteiger partial charge >= 0.3 is 0 Å². The molecule has 1 aromatic carbocycles. The number of sulfonamides is 1. The van der Waals surface area contributed by atoms with Gasteiger partial charge in [0.05, 0.1) is 6.54 Å². The lowest BCUT2D eigenvalue weighted by atomic mass is 10.3. The van der Waals surface area contributed by atoms with Crippen molar-refractivity contribution in [1.29, 1.82) is 0 Å². The van der Waals surface area contributed by atoms with E-state index in [1.807, 2.05) is 12.1 Å². The third-order valence-corrected chi connectivity index (χ3v) is 4.21. The van der Waals surface area contributed by atoms with Crippen molar-refractivity contribution in [1.82, 2.24) is 0 Å². The average molecular weight is 413 g/mol. The highest BCUT2D eigenvalue weighted by Crippen LogP contribution is 2.23. The number of benzene rings is 1. The van der Waals surface area contributed by atoms with E-state index in [2.05, 4.69) is 27.9 Å². The molecule has 2 aromatic rings. The van der Waals surface area contributed by atoms with E-state index in [-0.39, 0.29) is 5.09 Å². The van der Waals surface area contributed by atoms with E-state index in [0.717, 1.165) is 9.26 Å². The van der Waals surface area contributed by atoms with E-state index in [0.29, 0.717) is 17.3 Å². The first-order valence-corrected chi connectivity index (χ1v) is 8.17. The fourth-order valence-electron chi connectivity index (χ4n) is 1.42. The van der Waals surface area contributed by atoms with Crippen molar-refractivity contribution < 1.29 is 12.8 Å². The number of nitrogens with two attached hydrogens (primary N) is 1. The maximum atomic E-state index is 11.1. The Balaban J connectivity index is 2.09. The number of primary sulfonamides is 1. The Morgan fingerprint density at radius 2 is 2.05 bits per heavy atom. The zero-order chi connectivity index (χ0) is 14.0. The summed E-state index contributed by atoms with van der Waals surface area (Å²) in [6.07, 6.45) is 0. The minimum Gasteiger partial charge on any atom is -0.446 e. The Labute approximate surface area is 129 Å². The zero-order valence-corrected chi connectivity index (χ0v) is 13.3. The lowest BCUT2D eigenvalue weighted by Crippen LogP contribution is -2.10. The van der Waals surface area contributed by atoms with Crippen LogP contribution in [0.3, 0.4) is 0 Å². The third kappa shape index (κ3) is 3.85. The topological polar surface area (TPSA) is 85.3 Å². The highest BCUT2D eigenvalue weighted by Gasteiger charge is 2.13. The van der Waals surface area contributed by atoms with Gasteiger partial charge in [0.25, 0.3) is 10.0 Å². The van der Waals surface area contributed by atoms with Crippen LogP contribution in [-0.2, 0) is 16.6 Å². The fourth-order valence-corrected chi connectivity index (χ4v) is 2.96. The number of halogens is 2. The van der Waals surface area contributed by atoms with E-state index >= 15 is 0 Å². The molecule has 2 rings (SSSR count). The zero-order valence-electron chi connectivity index (χ0n) is 9.56. The first-order chi connectivity index (χ1) is 8.86. The van der Waals surface area contributed by atoms with Crippen LogP contribution < -0.4 is 10.5 Å². The first-order valence-electron chi connectivity index (χ1n) is 5.17. The van der Waals surface area contributed by atoms with Crippen molar-refractivity contribution in [2.45, 2.75) is 11.6 Å². The summed E-state index contributed by atoms with van der Waals surface area (Å²) in [6.45, 7) is 0.354. The summed E-state index contributed by atoms with van der Waals surface area (Å²) < 4.78 is 28.2. The summed E-state index contributed by atoms with van der Waals surface area (Å²) in [6, 6.07) is 8.33. The molecule has 5 nitrogen and oxygen atoms in total. The molecule has 0 atom stereocenters. The van der Waals surface area contributed by atoms with Crippen LogP contribution in [-0.4, -0.2) is 8.42 Å². The van der Waals surface area contributed by atoms with Crippen molar-refractivity contribution in [3.63, 3.8) is 0 Å². The minimum absolute atomic E-state index is 0.241. The molecule has 0 saturated carbocycles. The molecule has 1 heterocycles. The monoisotopic (exact) mass is 412 g/mol. The molecule has 0 fully saturated rings. The lowest BCUT2D eigenvalue weighted by Gasteiger charge is -2.07. The average Bonchev–Trinajstić information content (AvgIpc) is 2.76. The highest BCUT2D eigenvalue weighted by atomic mass is 127. The van der Waals surface area contributed by atoms with E-state index in [4.69, 9.17) is 21.2 Å². The van der Waals surface area contributed by atoms with Crippen LogP contribution in [0.1, 0.15) is 5.76 Å². The van der Waals surface area contributed by atoms with Gasteiger partial charge in [-0.2, -0.15) is 0 Å². The van der Waals surface area contributed by atoms with Gasteiger partial charge in [-0.3, -0.25) is 0 Å². The van der Waals surface area contributed by atoms with Crippen LogP contribution in [0.4, 0.5) is 5.69 Å². The van der Waals surface area contributed by atoms with Gasteiger partial charge in [0.15, 0.2) is 0 Å². The number of furan rings is 1. The van der Waals surface area contributed by atoms with E-state index in [9.17, 15) is 8.42 Å². The van der Waals surface area contributed by atoms with E-state index in [1.54, 1.807) is 12.1 Å². The Morgan fingerprint density at radius 3 is 2.63 bits per heavy atom. The molecule has 0 unspecified atom stereocenters. The van der Waals surface area contributed by atoms with Crippen molar-refractivity contribution in [3.05, 3.63) is 44.7 Å². The Hall–Kier alpha value is -0.770. The third-order valence-electron chi connectivity index (χ3n) is 2.30. The maximum Gasteiger partial charge on any atom is 0.271 e. The fraction of sp³-hybridized carbons (Fsp3) is 0.0909. The van der Waals surface area contributed by atoms with Gasteiger partial charge in [-0.25, -0.2) is 13.6 Å². The molecule has 3 N–H and O–H groups in total. The lowest BCUT2D eigenvalue weighted by molar-refractivity contribution is 0.419. The molecule has 0 saturated heterocycles. The largest absolute Gasteiger partial charge is 0.446 e. The molecule has 0 aliphatic carbocycles. The summed E-state index contributed by atoms with van der Waals surface area (Å²) in [5, 5.41) is 8.50. The van der Waals surface area contributed by atoms with Crippen molar-refractivity contribution >= 4 is 49.9 Å². The first kappa shape index (κ1) is 14.6. The van der Waals surface area contributed by atoms with Gasteiger partial charge in [0, 0.05) is 14.3 Å². The van der Waals surface area contributed by atoms with Gasteiger partial charge in [0.1, 0.15) is 5.76 Å². The van der Waals surface area contributed by atoms with Crippen LogP contribution in [0.2, 0.25) is 5.02 Å². The standard InChI is InChI=1S/C11H10ClIN2O3S/c12-7-1-3-10(9(13)5-7)15-6-8-2-4-11(18-8)19(14,16)17/h1-5,15H,6H2,(H2,14,16,17). The molecule has 102 valence electrons. The van der Waals surface area contributed by atoms with Crippen molar-refractivity contribution in [2.24, 2.45) is 5.14 Å². The molecule has 19 heavy (non-hydrogen) atoms. The number of hydrogen-bond donors (Lipinski definition) is 2. The normalized spacial score (nSPS) is 11.5. The summed E-state index contributed by atoms with van der Waals surface area (Å²) in [5.74, 6) is 0.481. The number of nitrogens with one attached hydrogen (secondary N) is 1.